The Hall–Kier alpha value is -2.05. The highest BCUT2D eigenvalue weighted by Gasteiger charge is 2.27. The molecule has 2 rings (SSSR count). The van der Waals surface area contributed by atoms with E-state index in [0.717, 1.165) is 17.0 Å². The van der Waals surface area contributed by atoms with Gasteiger partial charge in [0.25, 0.3) is 0 Å². The quantitative estimate of drug-likeness (QED) is 0.770. The van der Waals surface area contributed by atoms with Gasteiger partial charge in [0, 0.05) is 17.6 Å². The summed E-state index contributed by atoms with van der Waals surface area (Å²) in [4.78, 5) is 23.0. The summed E-state index contributed by atoms with van der Waals surface area (Å²) < 4.78 is 5.13. The van der Waals surface area contributed by atoms with Crippen LogP contribution in [-0.2, 0) is 11.2 Å². The van der Waals surface area contributed by atoms with E-state index in [-0.39, 0.29) is 24.0 Å². The molecule has 0 aliphatic heterocycles. The first-order valence-electron chi connectivity index (χ1n) is 8.08. The predicted octanol–water partition coefficient (Wildman–Crippen LogP) is 2.17. The van der Waals surface area contributed by atoms with Crippen LogP contribution in [0.2, 0.25) is 0 Å². The first-order valence-corrected chi connectivity index (χ1v) is 8.08. The molecule has 0 saturated heterocycles. The average Bonchev–Trinajstić information content (AvgIpc) is 2.79. The minimum Gasteiger partial charge on any atom is -0.481 e. The molecule has 1 unspecified atom stereocenters. The van der Waals surface area contributed by atoms with Gasteiger partial charge in [0.1, 0.15) is 5.76 Å². The number of urea groups is 1. The number of carbonyl (C=O) groups is 2. The molecule has 0 aromatic carbocycles. The molecular formula is C16H25N3O4. The predicted molar refractivity (Wildman–Crippen MR) is 84.2 cm³/mol. The molecule has 1 saturated carbocycles. The van der Waals surface area contributed by atoms with Gasteiger partial charge in [-0.05, 0) is 52.9 Å². The molecule has 23 heavy (non-hydrogen) atoms. The van der Waals surface area contributed by atoms with Gasteiger partial charge in [-0.15, -0.1) is 0 Å². The van der Waals surface area contributed by atoms with Gasteiger partial charge in [-0.25, -0.2) is 4.79 Å². The number of aliphatic carboxylic acids is 1. The minimum atomic E-state index is -0.735. The van der Waals surface area contributed by atoms with Crippen molar-refractivity contribution in [3.63, 3.8) is 0 Å². The summed E-state index contributed by atoms with van der Waals surface area (Å²) in [6, 6.07) is -0.193. The maximum Gasteiger partial charge on any atom is 0.315 e. The molecule has 128 valence electrons. The molecule has 1 aromatic rings. The van der Waals surface area contributed by atoms with Gasteiger partial charge in [0.2, 0.25) is 0 Å². The lowest BCUT2D eigenvalue weighted by atomic mass is 9.86. The van der Waals surface area contributed by atoms with E-state index < -0.39 is 5.97 Å². The lowest BCUT2D eigenvalue weighted by molar-refractivity contribution is -0.142. The summed E-state index contributed by atoms with van der Waals surface area (Å²) in [7, 11) is 0. The Morgan fingerprint density at radius 3 is 2.48 bits per heavy atom. The van der Waals surface area contributed by atoms with Crippen molar-refractivity contribution in [1.82, 2.24) is 15.8 Å². The second-order valence-corrected chi connectivity index (χ2v) is 6.41. The second-order valence-electron chi connectivity index (χ2n) is 6.41. The highest BCUT2D eigenvalue weighted by molar-refractivity contribution is 5.74. The van der Waals surface area contributed by atoms with Crippen molar-refractivity contribution >= 4 is 12.0 Å². The Morgan fingerprint density at radius 1 is 1.30 bits per heavy atom. The van der Waals surface area contributed by atoms with Gasteiger partial charge in [0.05, 0.1) is 11.6 Å². The Bertz CT molecular complexity index is 542. The van der Waals surface area contributed by atoms with E-state index >= 15 is 0 Å². The van der Waals surface area contributed by atoms with Crippen molar-refractivity contribution in [3.05, 3.63) is 17.0 Å². The lowest BCUT2D eigenvalue weighted by Crippen LogP contribution is -2.47. The summed E-state index contributed by atoms with van der Waals surface area (Å²) in [5, 5.41) is 18.7. The van der Waals surface area contributed by atoms with Crippen LogP contribution in [0.5, 0.6) is 0 Å². The van der Waals surface area contributed by atoms with Crippen molar-refractivity contribution in [2.45, 2.75) is 65.0 Å². The molecule has 7 nitrogen and oxygen atoms in total. The number of amides is 2. The van der Waals surface area contributed by atoms with Crippen LogP contribution in [0.25, 0.3) is 0 Å². The Balaban J connectivity index is 1.75. The number of nitrogens with one attached hydrogen (secondary N) is 2. The molecule has 1 aliphatic carbocycles. The van der Waals surface area contributed by atoms with Crippen LogP contribution in [0.15, 0.2) is 4.52 Å². The van der Waals surface area contributed by atoms with Crippen LogP contribution in [0.1, 0.15) is 49.6 Å². The zero-order valence-corrected chi connectivity index (χ0v) is 13.9. The van der Waals surface area contributed by atoms with Crippen molar-refractivity contribution < 1.29 is 19.2 Å². The first-order chi connectivity index (χ1) is 10.9. The van der Waals surface area contributed by atoms with Gasteiger partial charge in [0.15, 0.2) is 0 Å². The Morgan fingerprint density at radius 2 is 1.96 bits per heavy atom. The summed E-state index contributed by atoms with van der Waals surface area (Å²) >= 11 is 0. The first kappa shape index (κ1) is 17.3. The summed E-state index contributed by atoms with van der Waals surface area (Å²) in [6.45, 7) is 5.69. The van der Waals surface area contributed by atoms with E-state index in [1.165, 1.54) is 0 Å². The normalized spacial score (nSPS) is 22.4. The monoisotopic (exact) mass is 323 g/mol. The molecule has 0 radical (unpaired) electrons. The van der Waals surface area contributed by atoms with E-state index in [1.807, 2.05) is 20.8 Å². The molecule has 1 atom stereocenters. The number of hydrogen-bond donors (Lipinski definition) is 3. The number of rotatable bonds is 5. The van der Waals surface area contributed by atoms with Gasteiger partial charge >= 0.3 is 12.0 Å². The number of carbonyl (C=O) groups excluding carboxylic acids is 1. The fourth-order valence-corrected chi connectivity index (χ4v) is 3.09. The molecule has 3 N–H and O–H groups in total. The molecule has 1 fully saturated rings. The summed E-state index contributed by atoms with van der Waals surface area (Å²) in [6.07, 6.45) is 3.33. The summed E-state index contributed by atoms with van der Waals surface area (Å²) in [5.41, 5.74) is 1.88. The smallest absolute Gasteiger partial charge is 0.315 e. The number of nitrogens with zero attached hydrogens (tertiary/aromatic N) is 1. The number of hydrogen-bond acceptors (Lipinski definition) is 4. The van der Waals surface area contributed by atoms with Crippen LogP contribution in [0, 0.1) is 19.8 Å². The largest absolute Gasteiger partial charge is 0.481 e. The van der Waals surface area contributed by atoms with Crippen molar-refractivity contribution in [2.75, 3.05) is 0 Å². The number of carboxylic acid groups (broad SMARTS) is 1. The minimum absolute atomic E-state index is 0.0397. The number of aryl methyl sites for hydroxylation is 2. The molecular weight excluding hydrogens is 298 g/mol. The number of carboxylic acids is 1. The molecule has 2 amide bonds. The third-order valence-electron chi connectivity index (χ3n) is 4.48. The summed E-state index contributed by atoms with van der Waals surface area (Å²) in [5.74, 6) is -0.223. The van der Waals surface area contributed by atoms with Crippen molar-refractivity contribution in [2.24, 2.45) is 5.92 Å². The van der Waals surface area contributed by atoms with Gasteiger partial charge < -0.3 is 20.3 Å². The number of aromatic nitrogens is 1. The van der Waals surface area contributed by atoms with Gasteiger partial charge in [-0.3, -0.25) is 4.79 Å². The molecule has 1 heterocycles. The molecule has 1 aliphatic rings. The van der Waals surface area contributed by atoms with Crippen LogP contribution >= 0.6 is 0 Å². The Labute approximate surface area is 135 Å². The zero-order valence-electron chi connectivity index (χ0n) is 13.9. The second kappa shape index (κ2) is 7.48. The highest BCUT2D eigenvalue weighted by Crippen LogP contribution is 2.24. The van der Waals surface area contributed by atoms with Crippen molar-refractivity contribution in [1.29, 1.82) is 0 Å². The van der Waals surface area contributed by atoms with Crippen LogP contribution in [0.3, 0.4) is 0 Å². The van der Waals surface area contributed by atoms with Gasteiger partial charge in [-0.2, -0.15) is 0 Å². The molecule has 0 bridgehead atoms. The van der Waals surface area contributed by atoms with Crippen molar-refractivity contribution in [3.8, 4) is 0 Å². The average molecular weight is 323 g/mol. The van der Waals surface area contributed by atoms with Crippen LogP contribution < -0.4 is 10.6 Å². The Kier molecular flexibility index (Phi) is 5.63. The fraction of sp³-hybridized carbons (Fsp3) is 0.688. The third-order valence-corrected chi connectivity index (χ3v) is 4.48. The third kappa shape index (κ3) is 4.71. The lowest BCUT2D eigenvalue weighted by Gasteiger charge is -2.27. The maximum absolute atomic E-state index is 12.1. The zero-order chi connectivity index (χ0) is 17.0. The molecule has 0 spiro atoms. The van der Waals surface area contributed by atoms with Crippen LogP contribution in [0.4, 0.5) is 4.79 Å². The molecule has 1 aromatic heterocycles. The van der Waals surface area contributed by atoms with E-state index in [9.17, 15) is 9.59 Å². The van der Waals surface area contributed by atoms with E-state index in [4.69, 9.17) is 9.63 Å². The van der Waals surface area contributed by atoms with Gasteiger partial charge in [-0.1, -0.05) is 5.16 Å². The van der Waals surface area contributed by atoms with E-state index in [1.54, 1.807) is 0 Å². The van der Waals surface area contributed by atoms with E-state index in [0.29, 0.717) is 32.1 Å². The SMILES string of the molecule is Cc1noc(C)c1CC(C)NC(=O)NC1CCC(C(=O)O)CC1. The fourth-order valence-electron chi connectivity index (χ4n) is 3.09. The standard InChI is InChI=1S/C16H25N3O4/c1-9(8-14-10(2)19-23-11(14)3)17-16(22)18-13-6-4-12(5-7-13)15(20)21/h9,12-13H,4-8H2,1-3H3,(H,20,21)(H2,17,18,22). The van der Waals surface area contributed by atoms with E-state index in [2.05, 4.69) is 15.8 Å². The maximum atomic E-state index is 12.1. The topological polar surface area (TPSA) is 104 Å². The highest BCUT2D eigenvalue weighted by atomic mass is 16.5. The molecule has 7 heteroatoms. The van der Waals surface area contributed by atoms with Crippen LogP contribution in [-0.4, -0.2) is 34.3 Å².